The van der Waals surface area contributed by atoms with Crippen LogP contribution < -0.4 is 16.3 Å². The van der Waals surface area contributed by atoms with E-state index in [0.717, 1.165) is 5.56 Å². The minimum absolute atomic E-state index is 0.00868. The van der Waals surface area contributed by atoms with Crippen LogP contribution in [-0.4, -0.2) is 31.9 Å². The Bertz CT molecular complexity index is 1240. The number of aromatic amines is 2. The number of hydrogen-bond donors (Lipinski definition) is 4. The van der Waals surface area contributed by atoms with Gasteiger partial charge in [-0.15, -0.1) is 0 Å². The Morgan fingerprint density at radius 2 is 1.80 bits per heavy atom. The second-order valence-electron chi connectivity index (χ2n) is 6.54. The fourth-order valence-electron chi connectivity index (χ4n) is 2.83. The van der Waals surface area contributed by atoms with Crippen LogP contribution in [0, 0.1) is 0 Å². The maximum absolute atomic E-state index is 12.1. The lowest BCUT2D eigenvalue weighted by Crippen LogP contribution is -2.24. The SMILES string of the molecule is O=C(CCC(=O)Nc1ccc2[nH]c(=O)[nH]c2n1)NCc1cc(-c2ccccc2)no1. The van der Waals surface area contributed by atoms with Crippen molar-refractivity contribution in [3.63, 3.8) is 0 Å². The Kier molecular flexibility index (Phi) is 5.37. The van der Waals surface area contributed by atoms with E-state index in [1.54, 1.807) is 18.2 Å². The van der Waals surface area contributed by atoms with Crippen molar-refractivity contribution in [2.24, 2.45) is 0 Å². The number of H-pyrrole nitrogens is 2. The van der Waals surface area contributed by atoms with Crippen molar-refractivity contribution in [3.05, 3.63) is 64.8 Å². The fraction of sp³-hybridized carbons (Fsp3) is 0.150. The topological polar surface area (TPSA) is 146 Å². The molecule has 10 nitrogen and oxygen atoms in total. The zero-order chi connectivity index (χ0) is 20.9. The standard InChI is InChI=1S/C20H18N6O4/c27-17(21-11-13-10-15(26-30-13)12-4-2-1-3-5-12)8-9-18(28)23-16-7-6-14-19(24-16)25-20(29)22-14/h1-7,10H,8-9,11H2,(H,21,27)(H3,22,23,24,25,28,29). The molecule has 4 rings (SSSR count). The highest BCUT2D eigenvalue weighted by atomic mass is 16.5. The zero-order valence-corrected chi connectivity index (χ0v) is 15.8. The van der Waals surface area contributed by atoms with Gasteiger partial charge in [-0.2, -0.15) is 0 Å². The van der Waals surface area contributed by atoms with Crippen LogP contribution in [0.15, 0.2) is 57.8 Å². The third kappa shape index (κ3) is 4.61. The van der Waals surface area contributed by atoms with Gasteiger partial charge in [0.1, 0.15) is 11.5 Å². The van der Waals surface area contributed by atoms with Gasteiger partial charge in [0.25, 0.3) is 0 Å². The summed E-state index contributed by atoms with van der Waals surface area (Å²) >= 11 is 0. The summed E-state index contributed by atoms with van der Waals surface area (Å²) in [6.07, 6.45) is -0.00434. The fourth-order valence-corrected chi connectivity index (χ4v) is 2.83. The third-order valence-corrected chi connectivity index (χ3v) is 4.31. The smallest absolute Gasteiger partial charge is 0.325 e. The first-order valence-corrected chi connectivity index (χ1v) is 9.23. The number of carbonyl (C=O) groups excluding carboxylic acids is 2. The molecular formula is C20H18N6O4. The molecule has 0 fully saturated rings. The van der Waals surface area contributed by atoms with Gasteiger partial charge in [0, 0.05) is 24.5 Å². The maximum Gasteiger partial charge on any atom is 0.325 e. The molecule has 0 radical (unpaired) electrons. The lowest BCUT2D eigenvalue weighted by atomic mass is 10.1. The van der Waals surface area contributed by atoms with E-state index in [1.165, 1.54) is 0 Å². The molecule has 0 saturated carbocycles. The Morgan fingerprint density at radius 3 is 2.63 bits per heavy atom. The molecule has 2 amide bonds. The van der Waals surface area contributed by atoms with E-state index in [1.807, 2.05) is 30.3 Å². The monoisotopic (exact) mass is 406 g/mol. The normalized spacial score (nSPS) is 10.8. The maximum atomic E-state index is 12.1. The van der Waals surface area contributed by atoms with E-state index in [4.69, 9.17) is 4.52 Å². The molecule has 3 aromatic heterocycles. The van der Waals surface area contributed by atoms with Gasteiger partial charge in [-0.25, -0.2) is 9.78 Å². The second kappa shape index (κ2) is 8.43. The van der Waals surface area contributed by atoms with Gasteiger partial charge in [-0.1, -0.05) is 35.5 Å². The molecule has 0 atom stereocenters. The van der Waals surface area contributed by atoms with Crippen LogP contribution >= 0.6 is 0 Å². The number of nitrogens with zero attached hydrogens (tertiary/aromatic N) is 2. The van der Waals surface area contributed by atoms with Crippen LogP contribution in [0.3, 0.4) is 0 Å². The molecule has 0 aliphatic carbocycles. The van der Waals surface area contributed by atoms with Crippen LogP contribution in [0.1, 0.15) is 18.6 Å². The van der Waals surface area contributed by atoms with E-state index >= 15 is 0 Å². The van der Waals surface area contributed by atoms with Gasteiger partial charge >= 0.3 is 5.69 Å². The molecule has 0 aliphatic heterocycles. The van der Waals surface area contributed by atoms with E-state index in [0.29, 0.717) is 28.4 Å². The van der Waals surface area contributed by atoms with Gasteiger partial charge in [0.2, 0.25) is 11.8 Å². The zero-order valence-electron chi connectivity index (χ0n) is 15.8. The Hall–Kier alpha value is -4.21. The number of pyridine rings is 1. The minimum atomic E-state index is -0.375. The number of imidazole rings is 1. The first kappa shape index (κ1) is 19.1. The summed E-state index contributed by atoms with van der Waals surface area (Å²) in [5.41, 5.74) is 2.12. The number of fused-ring (bicyclic) bond motifs is 1. The first-order valence-electron chi connectivity index (χ1n) is 9.23. The number of hydrogen-bond acceptors (Lipinski definition) is 6. The second-order valence-corrected chi connectivity index (χ2v) is 6.54. The molecule has 152 valence electrons. The Balaban J connectivity index is 1.24. The molecular weight excluding hydrogens is 388 g/mol. The van der Waals surface area contributed by atoms with Crippen molar-refractivity contribution in [1.29, 1.82) is 0 Å². The molecule has 0 spiro atoms. The van der Waals surface area contributed by atoms with Crippen LogP contribution in [0.4, 0.5) is 5.82 Å². The number of benzene rings is 1. The van der Waals surface area contributed by atoms with Crippen LogP contribution in [-0.2, 0) is 16.1 Å². The van der Waals surface area contributed by atoms with Gasteiger partial charge in [-0.05, 0) is 12.1 Å². The van der Waals surface area contributed by atoms with Gasteiger partial charge in [0.05, 0.1) is 12.1 Å². The van der Waals surface area contributed by atoms with Crippen molar-refractivity contribution in [2.45, 2.75) is 19.4 Å². The summed E-state index contributed by atoms with van der Waals surface area (Å²) in [6.45, 7) is 0.180. The predicted octanol–water partition coefficient (Wildman–Crippen LogP) is 1.94. The van der Waals surface area contributed by atoms with Crippen molar-refractivity contribution in [3.8, 4) is 11.3 Å². The number of aromatic nitrogens is 4. The Morgan fingerprint density at radius 1 is 1.00 bits per heavy atom. The van der Waals surface area contributed by atoms with E-state index in [-0.39, 0.29) is 36.9 Å². The summed E-state index contributed by atoms with van der Waals surface area (Å²) in [7, 11) is 0. The highest BCUT2D eigenvalue weighted by Crippen LogP contribution is 2.18. The summed E-state index contributed by atoms with van der Waals surface area (Å²) in [6, 6.07) is 14.5. The van der Waals surface area contributed by atoms with Crippen LogP contribution in [0.25, 0.3) is 22.4 Å². The average molecular weight is 406 g/mol. The van der Waals surface area contributed by atoms with E-state index < -0.39 is 0 Å². The van der Waals surface area contributed by atoms with Crippen molar-refractivity contribution in [2.75, 3.05) is 5.32 Å². The summed E-state index contributed by atoms with van der Waals surface area (Å²) < 4.78 is 5.23. The largest absolute Gasteiger partial charge is 0.359 e. The van der Waals surface area contributed by atoms with Crippen molar-refractivity contribution < 1.29 is 14.1 Å². The summed E-state index contributed by atoms with van der Waals surface area (Å²) in [4.78, 5) is 44.5. The molecule has 0 saturated heterocycles. The lowest BCUT2D eigenvalue weighted by Gasteiger charge is -2.05. The predicted molar refractivity (Wildman–Crippen MR) is 108 cm³/mol. The molecule has 1 aromatic carbocycles. The van der Waals surface area contributed by atoms with Crippen LogP contribution in [0.5, 0.6) is 0 Å². The summed E-state index contributed by atoms with van der Waals surface area (Å²) in [5.74, 6) is 0.157. The highest BCUT2D eigenvalue weighted by Gasteiger charge is 2.11. The number of amides is 2. The van der Waals surface area contributed by atoms with Crippen molar-refractivity contribution in [1.82, 2.24) is 25.4 Å². The van der Waals surface area contributed by atoms with Gasteiger partial charge in [-0.3, -0.25) is 14.6 Å². The molecule has 4 aromatic rings. The molecule has 3 heterocycles. The first-order chi connectivity index (χ1) is 14.6. The third-order valence-electron chi connectivity index (χ3n) is 4.31. The number of rotatable bonds is 7. The van der Waals surface area contributed by atoms with Gasteiger partial charge < -0.3 is 20.1 Å². The molecule has 4 N–H and O–H groups in total. The minimum Gasteiger partial charge on any atom is -0.359 e. The summed E-state index contributed by atoms with van der Waals surface area (Å²) in [5, 5.41) is 9.28. The molecule has 0 bridgehead atoms. The van der Waals surface area contributed by atoms with Gasteiger partial charge in [0.15, 0.2) is 11.4 Å². The number of nitrogens with one attached hydrogen (secondary N) is 4. The molecule has 10 heteroatoms. The van der Waals surface area contributed by atoms with Crippen molar-refractivity contribution >= 4 is 28.8 Å². The molecule has 30 heavy (non-hydrogen) atoms. The average Bonchev–Trinajstić information content (AvgIpc) is 3.37. The number of carbonyl (C=O) groups is 2. The van der Waals surface area contributed by atoms with E-state index in [9.17, 15) is 14.4 Å². The highest BCUT2D eigenvalue weighted by molar-refractivity contribution is 5.93. The molecule has 0 unspecified atom stereocenters. The number of anilines is 1. The van der Waals surface area contributed by atoms with Crippen LogP contribution in [0.2, 0.25) is 0 Å². The quantitative estimate of drug-likeness (QED) is 0.369. The molecule has 0 aliphatic rings. The lowest BCUT2D eigenvalue weighted by molar-refractivity contribution is -0.124. The Labute approximate surface area is 169 Å². The van der Waals surface area contributed by atoms with E-state index in [2.05, 4.69) is 30.7 Å².